The normalized spacial score (nSPS) is 23.1. The van der Waals surface area contributed by atoms with Crippen molar-refractivity contribution in [1.29, 1.82) is 0 Å². The Morgan fingerprint density at radius 1 is 1.44 bits per heavy atom. The van der Waals surface area contributed by atoms with Crippen LogP contribution in [0.2, 0.25) is 0 Å². The Bertz CT molecular complexity index is 398. The highest BCUT2D eigenvalue weighted by Crippen LogP contribution is 2.42. The third-order valence-corrected chi connectivity index (χ3v) is 3.88. The minimum absolute atomic E-state index is 0.132. The summed E-state index contributed by atoms with van der Waals surface area (Å²) in [6.45, 7) is 6.97. The van der Waals surface area contributed by atoms with Crippen molar-refractivity contribution in [2.75, 3.05) is 11.9 Å². The quantitative estimate of drug-likeness (QED) is 0.785. The third-order valence-electron chi connectivity index (χ3n) is 3.88. The van der Waals surface area contributed by atoms with Gasteiger partial charge in [-0.15, -0.1) is 0 Å². The standard InChI is InChI=1S/C14H21NO/c1-10-8-14(2,3)15(4)13-6-5-11(9-16)7-12(10)13/h5-7,10,16H,8-9H2,1-4H3. The molecule has 0 bridgehead atoms. The molecule has 0 saturated heterocycles. The van der Waals surface area contributed by atoms with Gasteiger partial charge in [0.25, 0.3) is 0 Å². The second kappa shape index (κ2) is 3.77. The van der Waals surface area contributed by atoms with Crippen molar-refractivity contribution in [3.8, 4) is 0 Å². The number of nitrogens with zero attached hydrogens (tertiary/aromatic N) is 1. The van der Waals surface area contributed by atoms with Crippen molar-refractivity contribution in [2.45, 2.75) is 45.3 Å². The molecule has 1 aliphatic rings. The summed E-state index contributed by atoms with van der Waals surface area (Å²) in [6, 6.07) is 6.30. The fraction of sp³-hybridized carbons (Fsp3) is 0.571. The van der Waals surface area contributed by atoms with Gasteiger partial charge in [-0.25, -0.2) is 0 Å². The van der Waals surface area contributed by atoms with Crippen LogP contribution in [0.1, 0.15) is 44.2 Å². The number of aliphatic hydroxyl groups is 1. The summed E-state index contributed by atoms with van der Waals surface area (Å²) in [6.07, 6.45) is 1.16. The smallest absolute Gasteiger partial charge is 0.0681 e. The number of benzene rings is 1. The first-order valence-electron chi connectivity index (χ1n) is 5.93. The first-order chi connectivity index (χ1) is 7.45. The highest BCUT2D eigenvalue weighted by atomic mass is 16.3. The van der Waals surface area contributed by atoms with Gasteiger partial charge in [-0.1, -0.05) is 19.1 Å². The molecule has 1 N–H and O–H groups in total. The van der Waals surface area contributed by atoms with Gasteiger partial charge in [0, 0.05) is 18.3 Å². The van der Waals surface area contributed by atoms with E-state index < -0.39 is 0 Å². The molecule has 0 fully saturated rings. The molecule has 0 radical (unpaired) electrons. The Hall–Kier alpha value is -1.02. The minimum Gasteiger partial charge on any atom is -0.392 e. The number of aliphatic hydroxyl groups excluding tert-OH is 1. The second-order valence-electron chi connectivity index (χ2n) is 5.53. The van der Waals surface area contributed by atoms with Crippen LogP contribution >= 0.6 is 0 Å². The monoisotopic (exact) mass is 219 g/mol. The molecule has 1 aromatic carbocycles. The first-order valence-corrected chi connectivity index (χ1v) is 5.93. The molecule has 2 heteroatoms. The van der Waals surface area contributed by atoms with Gasteiger partial charge >= 0.3 is 0 Å². The molecule has 1 atom stereocenters. The molecule has 1 aliphatic heterocycles. The molecule has 1 aromatic rings. The number of rotatable bonds is 1. The van der Waals surface area contributed by atoms with Gasteiger partial charge in [0.2, 0.25) is 0 Å². The van der Waals surface area contributed by atoms with Crippen LogP contribution in [0.5, 0.6) is 0 Å². The van der Waals surface area contributed by atoms with Gasteiger partial charge in [-0.3, -0.25) is 0 Å². The van der Waals surface area contributed by atoms with Crippen molar-refractivity contribution in [3.63, 3.8) is 0 Å². The van der Waals surface area contributed by atoms with E-state index in [2.05, 4.69) is 44.9 Å². The van der Waals surface area contributed by atoms with E-state index in [4.69, 9.17) is 0 Å². The van der Waals surface area contributed by atoms with Crippen LogP contribution in [0.4, 0.5) is 5.69 Å². The van der Waals surface area contributed by atoms with Gasteiger partial charge in [0.05, 0.1) is 6.61 Å². The Morgan fingerprint density at radius 3 is 2.75 bits per heavy atom. The number of hydrogen-bond acceptors (Lipinski definition) is 2. The highest BCUT2D eigenvalue weighted by Gasteiger charge is 2.33. The van der Waals surface area contributed by atoms with Gasteiger partial charge in [-0.05, 0) is 43.4 Å². The molecule has 0 spiro atoms. The van der Waals surface area contributed by atoms with E-state index in [-0.39, 0.29) is 12.1 Å². The third kappa shape index (κ3) is 1.71. The predicted molar refractivity (Wildman–Crippen MR) is 67.9 cm³/mol. The first kappa shape index (κ1) is 11.5. The van der Waals surface area contributed by atoms with Crippen molar-refractivity contribution in [3.05, 3.63) is 29.3 Å². The molecule has 2 nitrogen and oxygen atoms in total. The molecule has 2 rings (SSSR count). The zero-order chi connectivity index (χ0) is 11.9. The van der Waals surface area contributed by atoms with Gasteiger partial charge in [-0.2, -0.15) is 0 Å². The zero-order valence-electron chi connectivity index (χ0n) is 10.6. The van der Waals surface area contributed by atoms with Gasteiger partial charge in [0.1, 0.15) is 0 Å². The van der Waals surface area contributed by atoms with Crippen molar-refractivity contribution >= 4 is 5.69 Å². The maximum Gasteiger partial charge on any atom is 0.0681 e. The lowest BCUT2D eigenvalue weighted by Crippen LogP contribution is -2.45. The van der Waals surface area contributed by atoms with E-state index in [0.717, 1.165) is 12.0 Å². The second-order valence-corrected chi connectivity index (χ2v) is 5.53. The summed E-state index contributed by atoms with van der Waals surface area (Å²) in [4.78, 5) is 2.35. The molecule has 1 unspecified atom stereocenters. The predicted octanol–water partition coefficient (Wildman–Crippen LogP) is 2.90. The molecule has 1 heterocycles. The maximum atomic E-state index is 9.18. The molecule has 0 aromatic heterocycles. The topological polar surface area (TPSA) is 23.5 Å². The van der Waals surface area contributed by atoms with Crippen LogP contribution in [0.15, 0.2) is 18.2 Å². The summed E-state index contributed by atoms with van der Waals surface area (Å²) in [5, 5.41) is 9.18. The number of anilines is 1. The lowest BCUT2D eigenvalue weighted by molar-refractivity contribution is 0.281. The Morgan fingerprint density at radius 2 is 2.12 bits per heavy atom. The van der Waals surface area contributed by atoms with E-state index in [1.165, 1.54) is 11.3 Å². The Labute approximate surface area is 97.9 Å². The van der Waals surface area contributed by atoms with E-state index in [0.29, 0.717) is 5.92 Å². The molecule has 0 saturated carbocycles. The SMILES string of the molecule is CC1CC(C)(C)N(C)c2ccc(CO)cc21. The van der Waals surface area contributed by atoms with Crippen LogP contribution in [0.3, 0.4) is 0 Å². The van der Waals surface area contributed by atoms with Crippen LogP contribution in [0.25, 0.3) is 0 Å². The number of fused-ring (bicyclic) bond motifs is 1. The lowest BCUT2D eigenvalue weighted by Gasteiger charge is -2.45. The average molecular weight is 219 g/mol. The fourth-order valence-corrected chi connectivity index (χ4v) is 2.72. The largest absolute Gasteiger partial charge is 0.392 e. The van der Waals surface area contributed by atoms with Crippen molar-refractivity contribution < 1.29 is 5.11 Å². The van der Waals surface area contributed by atoms with Crippen LogP contribution in [-0.2, 0) is 6.61 Å². The lowest BCUT2D eigenvalue weighted by atomic mass is 9.80. The molecule has 0 amide bonds. The average Bonchev–Trinajstić information content (AvgIpc) is 2.25. The summed E-state index contributed by atoms with van der Waals surface area (Å²) in [5.41, 5.74) is 3.90. The summed E-state index contributed by atoms with van der Waals surface area (Å²) >= 11 is 0. The van der Waals surface area contributed by atoms with Gasteiger partial charge in [0.15, 0.2) is 0 Å². The fourth-order valence-electron chi connectivity index (χ4n) is 2.72. The number of hydrogen-bond donors (Lipinski definition) is 1. The van der Waals surface area contributed by atoms with E-state index >= 15 is 0 Å². The van der Waals surface area contributed by atoms with Gasteiger partial charge < -0.3 is 10.0 Å². The summed E-state index contributed by atoms with van der Waals surface area (Å²) in [5.74, 6) is 0.563. The van der Waals surface area contributed by atoms with Crippen molar-refractivity contribution in [1.82, 2.24) is 0 Å². The van der Waals surface area contributed by atoms with E-state index in [9.17, 15) is 5.11 Å². The minimum atomic E-state index is 0.132. The van der Waals surface area contributed by atoms with E-state index in [1.807, 2.05) is 6.07 Å². The van der Waals surface area contributed by atoms with Crippen LogP contribution < -0.4 is 4.90 Å². The molecular formula is C14H21NO. The Balaban J connectivity index is 2.50. The zero-order valence-corrected chi connectivity index (χ0v) is 10.6. The van der Waals surface area contributed by atoms with Crippen LogP contribution in [-0.4, -0.2) is 17.7 Å². The summed E-state index contributed by atoms with van der Waals surface area (Å²) < 4.78 is 0. The molecule has 0 aliphatic carbocycles. The molecule has 88 valence electrons. The van der Waals surface area contributed by atoms with Crippen molar-refractivity contribution in [2.24, 2.45) is 0 Å². The molecule has 16 heavy (non-hydrogen) atoms. The van der Waals surface area contributed by atoms with E-state index in [1.54, 1.807) is 0 Å². The van der Waals surface area contributed by atoms with Crippen LogP contribution in [0, 0.1) is 0 Å². The summed E-state index contributed by atoms with van der Waals surface area (Å²) in [7, 11) is 2.16. The Kier molecular flexibility index (Phi) is 2.70. The highest BCUT2D eigenvalue weighted by molar-refractivity contribution is 5.59. The molecular weight excluding hydrogens is 198 g/mol. The maximum absolute atomic E-state index is 9.18.